The van der Waals surface area contributed by atoms with Gasteiger partial charge in [-0.25, -0.2) is 4.39 Å². The van der Waals surface area contributed by atoms with Crippen LogP contribution >= 0.6 is 0 Å². The zero-order valence-electron chi connectivity index (χ0n) is 9.58. The molecule has 16 heavy (non-hydrogen) atoms. The van der Waals surface area contributed by atoms with Crippen LogP contribution in [0.4, 0.5) is 4.39 Å². The van der Waals surface area contributed by atoms with Crippen LogP contribution in [0.1, 0.15) is 24.8 Å². The second-order valence-electron chi connectivity index (χ2n) is 4.61. The zero-order valence-corrected chi connectivity index (χ0v) is 9.58. The minimum absolute atomic E-state index is 0.153. The number of nitrogens with two attached hydrogens (primary N) is 1. The van der Waals surface area contributed by atoms with Crippen LogP contribution in [-0.4, -0.2) is 13.2 Å². The van der Waals surface area contributed by atoms with Gasteiger partial charge in [0.1, 0.15) is 0 Å². The molecule has 1 aliphatic rings. The maximum atomic E-state index is 13.4. The van der Waals surface area contributed by atoms with Gasteiger partial charge in [0.25, 0.3) is 0 Å². The zero-order chi connectivity index (χ0) is 11.5. The summed E-state index contributed by atoms with van der Waals surface area (Å²) in [6.45, 7) is 0. The summed E-state index contributed by atoms with van der Waals surface area (Å²) in [4.78, 5) is 0. The van der Waals surface area contributed by atoms with Crippen molar-refractivity contribution in [2.24, 2.45) is 11.7 Å². The van der Waals surface area contributed by atoms with Gasteiger partial charge in [-0.1, -0.05) is 18.9 Å². The van der Waals surface area contributed by atoms with Gasteiger partial charge < -0.3 is 10.5 Å². The van der Waals surface area contributed by atoms with Crippen LogP contribution in [0.5, 0.6) is 5.75 Å². The molecule has 0 radical (unpaired) electrons. The van der Waals surface area contributed by atoms with Gasteiger partial charge in [0.2, 0.25) is 0 Å². The number of benzene rings is 1. The Morgan fingerprint density at radius 3 is 2.81 bits per heavy atom. The Morgan fingerprint density at radius 1 is 1.50 bits per heavy atom. The molecular weight excluding hydrogens is 205 g/mol. The monoisotopic (exact) mass is 223 g/mol. The fraction of sp³-hybridized carbons (Fsp3) is 0.538. The molecule has 3 heteroatoms. The molecule has 0 heterocycles. The summed E-state index contributed by atoms with van der Waals surface area (Å²) in [5, 5.41) is 0. The molecule has 1 saturated carbocycles. The molecule has 1 aromatic rings. The van der Waals surface area contributed by atoms with Gasteiger partial charge in [-0.15, -0.1) is 0 Å². The van der Waals surface area contributed by atoms with Gasteiger partial charge in [0.05, 0.1) is 7.11 Å². The molecule has 0 aromatic heterocycles. The molecule has 1 fully saturated rings. The SMILES string of the molecule is COc1ccc(CC(N)CC2CC2)cc1F. The quantitative estimate of drug-likeness (QED) is 0.832. The number of ether oxygens (including phenoxy) is 1. The molecular formula is C13H18FNO. The van der Waals surface area contributed by atoms with Crippen LogP contribution in [-0.2, 0) is 6.42 Å². The first-order valence-corrected chi connectivity index (χ1v) is 5.77. The fourth-order valence-corrected chi connectivity index (χ4v) is 2.00. The molecule has 0 aliphatic heterocycles. The van der Waals surface area contributed by atoms with Gasteiger partial charge >= 0.3 is 0 Å². The van der Waals surface area contributed by atoms with Crippen molar-refractivity contribution in [3.63, 3.8) is 0 Å². The number of hydrogen-bond donors (Lipinski definition) is 1. The first kappa shape index (κ1) is 11.4. The maximum Gasteiger partial charge on any atom is 0.165 e. The second kappa shape index (κ2) is 4.83. The number of hydrogen-bond acceptors (Lipinski definition) is 2. The lowest BCUT2D eigenvalue weighted by Gasteiger charge is -2.11. The third-order valence-electron chi connectivity index (χ3n) is 3.05. The first-order chi connectivity index (χ1) is 7.69. The third-order valence-corrected chi connectivity index (χ3v) is 3.05. The lowest BCUT2D eigenvalue weighted by Crippen LogP contribution is -2.23. The number of methoxy groups -OCH3 is 1. The highest BCUT2D eigenvalue weighted by Crippen LogP contribution is 2.33. The summed E-state index contributed by atoms with van der Waals surface area (Å²) in [6, 6.07) is 5.22. The van der Waals surface area contributed by atoms with Crippen LogP contribution in [0.2, 0.25) is 0 Å². The van der Waals surface area contributed by atoms with Crippen molar-refractivity contribution < 1.29 is 9.13 Å². The van der Waals surface area contributed by atoms with Gasteiger partial charge in [-0.3, -0.25) is 0 Å². The van der Waals surface area contributed by atoms with Gasteiger partial charge in [-0.05, 0) is 36.5 Å². The van der Waals surface area contributed by atoms with E-state index in [0.29, 0.717) is 5.75 Å². The summed E-state index contributed by atoms with van der Waals surface area (Å²) >= 11 is 0. The number of halogens is 1. The summed E-state index contributed by atoms with van der Waals surface area (Å²) in [7, 11) is 1.47. The molecule has 2 N–H and O–H groups in total. The van der Waals surface area contributed by atoms with Crippen molar-refractivity contribution >= 4 is 0 Å². The lowest BCUT2D eigenvalue weighted by molar-refractivity contribution is 0.386. The predicted molar refractivity (Wildman–Crippen MR) is 62.0 cm³/mol. The molecule has 2 rings (SSSR count). The largest absolute Gasteiger partial charge is 0.494 e. The van der Waals surface area contributed by atoms with E-state index in [-0.39, 0.29) is 11.9 Å². The Balaban J connectivity index is 1.95. The van der Waals surface area contributed by atoms with E-state index in [4.69, 9.17) is 10.5 Å². The van der Waals surface area contributed by atoms with Gasteiger partial charge in [0.15, 0.2) is 11.6 Å². The molecule has 0 spiro atoms. The Bertz CT molecular complexity index is 363. The highest BCUT2D eigenvalue weighted by molar-refractivity contribution is 5.29. The third kappa shape index (κ3) is 2.95. The van der Waals surface area contributed by atoms with E-state index in [1.54, 1.807) is 6.07 Å². The predicted octanol–water partition coefficient (Wildman–Crippen LogP) is 2.50. The summed E-state index contributed by atoms with van der Waals surface area (Å²) in [5.74, 6) is 0.802. The standard InChI is InChI=1S/C13H18FNO/c1-16-13-5-4-10(8-12(13)14)7-11(15)6-9-2-3-9/h4-5,8-9,11H,2-3,6-7,15H2,1H3. The van der Waals surface area contributed by atoms with Crippen LogP contribution in [0.25, 0.3) is 0 Å². The van der Waals surface area contributed by atoms with Crippen LogP contribution < -0.4 is 10.5 Å². The lowest BCUT2D eigenvalue weighted by atomic mass is 10.0. The smallest absolute Gasteiger partial charge is 0.165 e. The minimum Gasteiger partial charge on any atom is -0.494 e. The van der Waals surface area contributed by atoms with E-state index in [2.05, 4.69) is 0 Å². The normalized spacial score (nSPS) is 17.2. The van der Waals surface area contributed by atoms with Crippen molar-refractivity contribution in [3.05, 3.63) is 29.6 Å². The van der Waals surface area contributed by atoms with Crippen molar-refractivity contribution in [2.45, 2.75) is 31.7 Å². The summed E-state index contributed by atoms with van der Waals surface area (Å²) < 4.78 is 18.3. The second-order valence-corrected chi connectivity index (χ2v) is 4.61. The van der Waals surface area contributed by atoms with E-state index in [1.807, 2.05) is 6.07 Å². The highest BCUT2D eigenvalue weighted by atomic mass is 19.1. The van der Waals surface area contributed by atoms with Crippen molar-refractivity contribution in [1.29, 1.82) is 0 Å². The van der Waals surface area contributed by atoms with Gasteiger partial charge in [-0.2, -0.15) is 0 Å². The van der Waals surface area contributed by atoms with E-state index >= 15 is 0 Å². The van der Waals surface area contributed by atoms with Crippen LogP contribution in [0.3, 0.4) is 0 Å². The topological polar surface area (TPSA) is 35.2 Å². The maximum absolute atomic E-state index is 13.4. The molecule has 1 unspecified atom stereocenters. The van der Waals surface area contributed by atoms with Crippen molar-refractivity contribution in [3.8, 4) is 5.75 Å². The molecule has 2 nitrogen and oxygen atoms in total. The molecule has 1 aromatic carbocycles. The Labute approximate surface area is 95.6 Å². The van der Waals surface area contributed by atoms with Crippen molar-refractivity contribution in [2.75, 3.05) is 7.11 Å². The van der Waals surface area contributed by atoms with Crippen LogP contribution in [0, 0.1) is 11.7 Å². The Kier molecular flexibility index (Phi) is 3.44. The molecule has 0 saturated heterocycles. The average molecular weight is 223 g/mol. The number of rotatable bonds is 5. The summed E-state index contributed by atoms with van der Waals surface area (Å²) in [6.07, 6.45) is 4.43. The van der Waals surface area contributed by atoms with E-state index in [9.17, 15) is 4.39 Å². The average Bonchev–Trinajstić information content (AvgIpc) is 3.01. The van der Waals surface area contributed by atoms with E-state index in [1.165, 1.54) is 26.0 Å². The highest BCUT2D eigenvalue weighted by Gasteiger charge is 2.23. The molecule has 1 atom stereocenters. The molecule has 0 amide bonds. The minimum atomic E-state index is -0.307. The van der Waals surface area contributed by atoms with E-state index in [0.717, 1.165) is 24.3 Å². The van der Waals surface area contributed by atoms with E-state index < -0.39 is 0 Å². The van der Waals surface area contributed by atoms with Gasteiger partial charge in [0, 0.05) is 6.04 Å². The molecule has 0 bridgehead atoms. The summed E-state index contributed by atoms with van der Waals surface area (Å²) in [5.41, 5.74) is 6.96. The molecule has 1 aliphatic carbocycles. The fourth-order valence-electron chi connectivity index (χ4n) is 2.00. The Morgan fingerprint density at radius 2 is 2.25 bits per heavy atom. The Hall–Kier alpha value is -1.09. The van der Waals surface area contributed by atoms with Crippen LogP contribution in [0.15, 0.2) is 18.2 Å². The molecule has 88 valence electrons. The van der Waals surface area contributed by atoms with Crippen molar-refractivity contribution in [1.82, 2.24) is 0 Å². The first-order valence-electron chi connectivity index (χ1n) is 5.77.